The van der Waals surface area contributed by atoms with Crippen molar-refractivity contribution < 1.29 is 18.3 Å². The van der Waals surface area contributed by atoms with Gasteiger partial charge in [-0.1, -0.05) is 65.2 Å². The van der Waals surface area contributed by atoms with Crippen LogP contribution in [0.15, 0.2) is 81.6 Å². The van der Waals surface area contributed by atoms with E-state index in [9.17, 15) is 0 Å². The van der Waals surface area contributed by atoms with E-state index in [1.165, 1.54) is 51.4 Å². The molecule has 2 aromatic heterocycles. The van der Waals surface area contributed by atoms with Gasteiger partial charge in [0.15, 0.2) is 0 Å². The van der Waals surface area contributed by atoms with Gasteiger partial charge in [-0.15, -0.1) is 20.4 Å². The number of benzene rings is 3. The van der Waals surface area contributed by atoms with Gasteiger partial charge in [-0.05, 0) is 85.6 Å². The summed E-state index contributed by atoms with van der Waals surface area (Å²) in [5, 5.41) is 17.0. The summed E-state index contributed by atoms with van der Waals surface area (Å²) in [6.07, 6.45) is 12.2. The highest BCUT2D eigenvalue weighted by Gasteiger charge is 2.14. The highest BCUT2D eigenvalue weighted by Crippen LogP contribution is 2.29. The molecule has 8 nitrogen and oxygen atoms in total. The lowest BCUT2D eigenvalue weighted by Gasteiger charge is -2.06. The van der Waals surface area contributed by atoms with Gasteiger partial charge in [0.05, 0.1) is 13.2 Å². The van der Waals surface area contributed by atoms with Crippen LogP contribution in [-0.4, -0.2) is 33.6 Å². The Labute approximate surface area is 259 Å². The van der Waals surface area contributed by atoms with E-state index in [4.69, 9.17) is 18.3 Å². The van der Waals surface area contributed by atoms with Crippen molar-refractivity contribution >= 4 is 0 Å². The van der Waals surface area contributed by atoms with Crippen molar-refractivity contribution in [2.75, 3.05) is 13.2 Å². The number of rotatable bonds is 18. The van der Waals surface area contributed by atoms with Crippen LogP contribution in [0.3, 0.4) is 0 Å². The summed E-state index contributed by atoms with van der Waals surface area (Å²) in [6, 6.07) is 23.1. The number of aromatic nitrogens is 4. The third-order valence-corrected chi connectivity index (χ3v) is 7.46. The minimum Gasteiger partial charge on any atom is -0.494 e. The maximum Gasteiger partial charge on any atom is 0.248 e. The summed E-state index contributed by atoms with van der Waals surface area (Å²) in [5.41, 5.74) is 3.29. The van der Waals surface area contributed by atoms with Crippen LogP contribution in [0.2, 0.25) is 0 Å². The molecule has 0 amide bonds. The molecule has 5 aromatic rings. The van der Waals surface area contributed by atoms with E-state index in [2.05, 4.69) is 34.2 Å². The number of hydrogen-bond donors (Lipinski definition) is 0. The first kappa shape index (κ1) is 31.0. The Morgan fingerprint density at radius 2 is 0.705 bits per heavy atom. The summed E-state index contributed by atoms with van der Waals surface area (Å²) in [6.45, 7) is 5.91. The van der Waals surface area contributed by atoms with Crippen LogP contribution in [0.5, 0.6) is 11.5 Å². The highest BCUT2D eigenvalue weighted by molar-refractivity contribution is 5.64. The first-order valence-corrected chi connectivity index (χ1v) is 16.0. The normalized spacial score (nSPS) is 11.1. The predicted octanol–water partition coefficient (Wildman–Crippen LogP) is 9.82. The van der Waals surface area contributed by atoms with E-state index < -0.39 is 0 Å². The third-order valence-electron chi connectivity index (χ3n) is 7.46. The third kappa shape index (κ3) is 8.78. The van der Waals surface area contributed by atoms with Crippen LogP contribution in [0.1, 0.15) is 78.1 Å². The van der Waals surface area contributed by atoms with Crippen LogP contribution >= 0.6 is 0 Å². The summed E-state index contributed by atoms with van der Waals surface area (Å²) in [4.78, 5) is 0. The van der Waals surface area contributed by atoms with Gasteiger partial charge in [0.1, 0.15) is 11.5 Å². The monoisotopic (exact) mass is 594 g/mol. The Morgan fingerprint density at radius 3 is 1.02 bits per heavy atom. The minimum atomic E-state index is 0.438. The summed E-state index contributed by atoms with van der Waals surface area (Å²) >= 11 is 0. The quantitative estimate of drug-likeness (QED) is 0.0925. The molecule has 230 valence electrons. The Morgan fingerprint density at radius 1 is 0.409 bits per heavy atom. The zero-order chi connectivity index (χ0) is 30.4. The van der Waals surface area contributed by atoms with Crippen molar-refractivity contribution in [2.45, 2.75) is 78.1 Å². The molecule has 2 heterocycles. The zero-order valence-corrected chi connectivity index (χ0v) is 25.8. The average molecular weight is 595 g/mol. The maximum atomic E-state index is 5.97. The molecule has 3 aromatic carbocycles. The smallest absolute Gasteiger partial charge is 0.248 e. The van der Waals surface area contributed by atoms with Crippen LogP contribution in [-0.2, 0) is 0 Å². The first-order chi connectivity index (χ1) is 21.7. The molecule has 5 rings (SSSR count). The summed E-state index contributed by atoms with van der Waals surface area (Å²) in [5.74, 6) is 3.48. The fourth-order valence-electron chi connectivity index (χ4n) is 4.85. The lowest BCUT2D eigenvalue weighted by atomic mass is 10.1. The van der Waals surface area contributed by atoms with Crippen molar-refractivity contribution in [2.24, 2.45) is 0 Å². The van der Waals surface area contributed by atoms with Crippen LogP contribution in [0, 0.1) is 0 Å². The van der Waals surface area contributed by atoms with E-state index in [1.54, 1.807) is 0 Å². The van der Waals surface area contributed by atoms with Gasteiger partial charge in [-0.3, -0.25) is 0 Å². The van der Waals surface area contributed by atoms with Crippen molar-refractivity contribution in [3.05, 3.63) is 72.8 Å². The van der Waals surface area contributed by atoms with Crippen LogP contribution in [0.25, 0.3) is 45.8 Å². The predicted molar refractivity (Wildman–Crippen MR) is 172 cm³/mol. The molecule has 0 aliphatic heterocycles. The fraction of sp³-hybridized carbons (Fsp3) is 0.389. The highest BCUT2D eigenvalue weighted by atomic mass is 16.5. The van der Waals surface area contributed by atoms with E-state index in [0.29, 0.717) is 23.6 Å². The summed E-state index contributed by atoms with van der Waals surface area (Å²) in [7, 11) is 0. The van der Waals surface area contributed by atoms with Gasteiger partial charge in [-0.2, -0.15) is 0 Å². The topological polar surface area (TPSA) is 96.3 Å². The van der Waals surface area contributed by atoms with E-state index in [1.807, 2.05) is 72.8 Å². The fourth-order valence-corrected chi connectivity index (χ4v) is 4.85. The molecule has 0 aliphatic rings. The Bertz CT molecular complexity index is 1410. The Balaban J connectivity index is 1.13. The molecule has 0 atom stereocenters. The molecular weight excluding hydrogens is 552 g/mol. The second-order valence-electron chi connectivity index (χ2n) is 11.0. The number of ether oxygens (including phenoxy) is 2. The van der Waals surface area contributed by atoms with E-state index in [0.717, 1.165) is 59.8 Å². The lowest BCUT2D eigenvalue weighted by molar-refractivity contribution is 0.304. The number of unbranched alkanes of at least 4 members (excludes halogenated alkanes) is 8. The molecule has 0 bridgehead atoms. The minimum absolute atomic E-state index is 0.438. The second kappa shape index (κ2) is 16.4. The van der Waals surface area contributed by atoms with Gasteiger partial charge in [0.25, 0.3) is 0 Å². The van der Waals surface area contributed by atoms with Gasteiger partial charge in [0, 0.05) is 22.3 Å². The molecule has 0 saturated carbocycles. The van der Waals surface area contributed by atoms with Crippen LogP contribution < -0.4 is 9.47 Å². The van der Waals surface area contributed by atoms with Crippen LogP contribution in [0.4, 0.5) is 0 Å². The zero-order valence-electron chi connectivity index (χ0n) is 25.8. The van der Waals surface area contributed by atoms with Crippen molar-refractivity contribution in [3.8, 4) is 57.3 Å². The van der Waals surface area contributed by atoms with E-state index >= 15 is 0 Å². The Hall–Kier alpha value is -4.46. The first-order valence-electron chi connectivity index (χ1n) is 16.0. The maximum absolute atomic E-state index is 5.97. The van der Waals surface area contributed by atoms with Crippen molar-refractivity contribution in [1.82, 2.24) is 20.4 Å². The molecule has 0 unspecified atom stereocenters. The molecule has 0 fully saturated rings. The molecule has 0 spiro atoms. The number of hydrogen-bond acceptors (Lipinski definition) is 8. The average Bonchev–Trinajstić information content (AvgIpc) is 3.76. The molecule has 0 radical (unpaired) electrons. The molecule has 0 aliphatic carbocycles. The van der Waals surface area contributed by atoms with Crippen molar-refractivity contribution in [1.29, 1.82) is 0 Å². The molecular formula is C36H42N4O4. The molecule has 0 saturated heterocycles. The van der Waals surface area contributed by atoms with Gasteiger partial charge >= 0.3 is 0 Å². The molecule has 0 N–H and O–H groups in total. The molecule has 44 heavy (non-hydrogen) atoms. The largest absolute Gasteiger partial charge is 0.494 e. The van der Waals surface area contributed by atoms with Gasteiger partial charge in [-0.25, -0.2) is 0 Å². The van der Waals surface area contributed by atoms with Crippen molar-refractivity contribution in [3.63, 3.8) is 0 Å². The SMILES string of the molecule is CCCCCCCOc1ccc(-c2nnc(-c3ccc(-c4nnc(-c5ccc(OCCCCCCC)cc5)o4)cc3)o2)cc1. The van der Waals surface area contributed by atoms with Gasteiger partial charge < -0.3 is 18.3 Å². The lowest BCUT2D eigenvalue weighted by Crippen LogP contribution is -1.97. The number of nitrogens with zero attached hydrogens (tertiary/aromatic N) is 4. The van der Waals surface area contributed by atoms with Gasteiger partial charge in [0.2, 0.25) is 23.6 Å². The Kier molecular flexibility index (Phi) is 11.6. The standard InChI is InChI=1S/C36H42N4O4/c1-3-5-7-9-11-25-41-31-21-17-29(18-22-31)35-39-37-33(43-35)27-13-15-28(16-14-27)34-38-40-36(44-34)30-19-23-32(24-20-30)42-26-12-10-8-6-4-2/h13-24H,3-12,25-26H2,1-2H3. The summed E-state index contributed by atoms with van der Waals surface area (Å²) < 4.78 is 23.7. The van der Waals surface area contributed by atoms with E-state index in [-0.39, 0.29) is 0 Å². The molecule has 8 heteroatoms. The second-order valence-corrected chi connectivity index (χ2v) is 11.0.